The van der Waals surface area contributed by atoms with Gasteiger partial charge in [-0.05, 0) is 56.6 Å². The number of rotatable bonds is 8. The average molecular weight is 560 g/mol. The van der Waals surface area contributed by atoms with Gasteiger partial charge in [0.2, 0.25) is 5.89 Å². The van der Waals surface area contributed by atoms with Crippen LogP contribution in [0.25, 0.3) is 11.6 Å². The molecule has 210 valence electrons. The topological polar surface area (TPSA) is 94.1 Å². The molecular weight excluding hydrogens is 522 g/mol. The molecule has 2 unspecified atom stereocenters. The zero-order valence-electron chi connectivity index (χ0n) is 23.7. The van der Waals surface area contributed by atoms with Gasteiger partial charge in [0.05, 0.1) is 6.04 Å². The lowest BCUT2D eigenvalue weighted by atomic mass is 10.0. The summed E-state index contributed by atoms with van der Waals surface area (Å²) in [5.74, 6) is 1.11. The van der Waals surface area contributed by atoms with Gasteiger partial charge in [-0.25, -0.2) is 4.98 Å². The number of hydrogen-bond donors (Lipinski definition) is 0. The largest absolute Gasteiger partial charge is 0.419 e. The lowest BCUT2D eigenvalue weighted by molar-refractivity contribution is 0.0735. The highest BCUT2D eigenvalue weighted by atomic mass is 32.1. The van der Waals surface area contributed by atoms with Crippen molar-refractivity contribution in [2.75, 3.05) is 6.54 Å². The first kappa shape index (κ1) is 28.0. The van der Waals surface area contributed by atoms with Gasteiger partial charge in [-0.15, -0.1) is 21.5 Å². The number of aryl methyl sites for hydroxylation is 1. The summed E-state index contributed by atoms with van der Waals surface area (Å²) in [5, 5.41) is 11.6. The van der Waals surface area contributed by atoms with Crippen LogP contribution in [0.4, 0.5) is 0 Å². The molecule has 0 bridgehead atoms. The van der Waals surface area contributed by atoms with Crippen LogP contribution >= 0.6 is 11.3 Å². The molecule has 9 heteroatoms. The van der Waals surface area contributed by atoms with Crippen LogP contribution in [0.1, 0.15) is 90.9 Å². The van der Waals surface area contributed by atoms with Crippen LogP contribution in [0.15, 0.2) is 57.1 Å². The third-order valence-electron chi connectivity index (χ3n) is 7.41. The Morgan fingerprint density at radius 2 is 1.90 bits per heavy atom. The number of carbonyl (C=O) groups excluding carboxylic acids is 1. The minimum atomic E-state index is -0.212. The van der Waals surface area contributed by atoms with E-state index in [0.717, 1.165) is 42.8 Å². The van der Waals surface area contributed by atoms with Crippen molar-refractivity contribution in [2.45, 2.75) is 78.3 Å². The van der Waals surface area contributed by atoms with E-state index in [-0.39, 0.29) is 29.3 Å². The molecule has 0 N–H and O–H groups in total. The molecular formula is C31H37N5O3S. The second kappa shape index (κ2) is 12.3. The Kier molecular flexibility index (Phi) is 8.59. The van der Waals surface area contributed by atoms with Crippen LogP contribution in [0.5, 0.6) is 0 Å². The van der Waals surface area contributed by atoms with E-state index in [4.69, 9.17) is 4.42 Å². The van der Waals surface area contributed by atoms with Gasteiger partial charge in [-0.2, -0.15) is 0 Å². The van der Waals surface area contributed by atoms with Crippen molar-refractivity contribution in [3.05, 3.63) is 85.9 Å². The van der Waals surface area contributed by atoms with E-state index >= 15 is 0 Å². The van der Waals surface area contributed by atoms with Crippen LogP contribution in [0.3, 0.4) is 0 Å². The summed E-state index contributed by atoms with van der Waals surface area (Å²) in [6, 6.07) is 13.3. The molecule has 6 rings (SSSR count). The fourth-order valence-electron chi connectivity index (χ4n) is 5.19. The quantitative estimate of drug-likeness (QED) is 0.247. The molecule has 1 aromatic carbocycles. The zero-order chi connectivity index (χ0) is 28.2. The van der Waals surface area contributed by atoms with Crippen LogP contribution < -0.4 is 5.56 Å². The minimum Gasteiger partial charge on any atom is -0.419 e. The second-order valence-electron chi connectivity index (χ2n) is 10.5. The molecule has 2 fully saturated rings. The monoisotopic (exact) mass is 559 g/mol. The fourth-order valence-corrected chi connectivity index (χ4v) is 6.14. The highest BCUT2D eigenvalue weighted by Gasteiger charge is 2.34. The fraction of sp³-hybridized carbons (Fsp3) is 0.452. The van der Waals surface area contributed by atoms with Crippen molar-refractivity contribution in [2.24, 2.45) is 5.92 Å². The minimum absolute atomic E-state index is 0.0131. The third-order valence-corrected chi connectivity index (χ3v) is 8.48. The van der Waals surface area contributed by atoms with E-state index < -0.39 is 0 Å². The number of nitrogens with zero attached hydrogens (tertiary/aromatic N) is 5. The van der Waals surface area contributed by atoms with E-state index in [1.807, 2.05) is 49.3 Å². The average Bonchev–Trinajstić information content (AvgIpc) is 3.33. The molecule has 4 heterocycles. The molecule has 2 atom stereocenters. The zero-order valence-corrected chi connectivity index (χ0v) is 24.5. The van der Waals surface area contributed by atoms with Gasteiger partial charge in [0, 0.05) is 41.7 Å². The summed E-state index contributed by atoms with van der Waals surface area (Å²) >= 11 is 1.58. The first-order valence-electron chi connectivity index (χ1n) is 14.3. The number of thiazole rings is 1. The van der Waals surface area contributed by atoms with Crippen LogP contribution in [-0.4, -0.2) is 37.1 Å². The Bertz CT molecular complexity index is 1500. The molecule has 3 aromatic heterocycles. The summed E-state index contributed by atoms with van der Waals surface area (Å²) in [7, 11) is 0. The highest BCUT2D eigenvalue weighted by molar-refractivity contribution is 7.09. The predicted molar refractivity (Wildman–Crippen MR) is 156 cm³/mol. The van der Waals surface area contributed by atoms with E-state index in [1.165, 1.54) is 11.6 Å². The van der Waals surface area contributed by atoms with E-state index in [0.29, 0.717) is 36.2 Å². The Morgan fingerprint density at radius 3 is 2.60 bits per heavy atom. The maximum Gasteiger partial charge on any atom is 0.264 e. The van der Waals surface area contributed by atoms with Crippen LogP contribution in [0, 0.1) is 12.8 Å². The highest BCUT2D eigenvalue weighted by Crippen LogP contribution is 2.36. The van der Waals surface area contributed by atoms with Crippen LogP contribution in [-0.2, 0) is 13.0 Å². The summed E-state index contributed by atoms with van der Waals surface area (Å²) in [5.41, 5.74) is 2.81. The van der Waals surface area contributed by atoms with Gasteiger partial charge in [0.25, 0.3) is 17.4 Å². The predicted octanol–water partition coefficient (Wildman–Crippen LogP) is 6.42. The van der Waals surface area contributed by atoms with Crippen molar-refractivity contribution in [3.8, 4) is 11.6 Å². The maximum absolute atomic E-state index is 13.7. The lowest BCUT2D eigenvalue weighted by Gasteiger charge is -2.23. The molecule has 0 spiro atoms. The Hall–Kier alpha value is -3.59. The SMILES string of the molecule is CC.Cc1csc(C2CCCN2C(=O)c2cc(-c3nnc(C(C)Cc4ccccc4)o3)n(CC3CC3)c(=O)c2)n1. The summed E-state index contributed by atoms with van der Waals surface area (Å²) < 4.78 is 7.83. The van der Waals surface area contributed by atoms with Gasteiger partial charge >= 0.3 is 0 Å². The van der Waals surface area contributed by atoms with Crippen molar-refractivity contribution < 1.29 is 9.21 Å². The van der Waals surface area contributed by atoms with E-state index in [1.54, 1.807) is 22.0 Å². The van der Waals surface area contributed by atoms with E-state index in [9.17, 15) is 9.59 Å². The number of likely N-dealkylation sites (tertiary alicyclic amines) is 1. The number of hydrogen-bond acceptors (Lipinski definition) is 7. The lowest BCUT2D eigenvalue weighted by Crippen LogP contribution is -2.32. The van der Waals surface area contributed by atoms with Gasteiger partial charge in [-0.1, -0.05) is 51.1 Å². The van der Waals surface area contributed by atoms with E-state index in [2.05, 4.69) is 34.2 Å². The normalized spacial score (nSPS) is 17.4. The van der Waals surface area contributed by atoms with Gasteiger partial charge in [-0.3, -0.25) is 9.59 Å². The molecule has 40 heavy (non-hydrogen) atoms. The molecule has 1 saturated carbocycles. The van der Waals surface area contributed by atoms with Crippen molar-refractivity contribution >= 4 is 17.2 Å². The standard InChI is InChI=1S/C29H31N5O3S.C2H6/c1-18(13-20-7-4-3-5-8-20)26-31-32-27(37-26)24-14-22(15-25(35)34(24)16-21-10-11-21)29(36)33-12-6-9-23(33)28-30-19(2)17-38-28;1-2/h3-5,7-8,14-15,17-18,21,23H,6,9-13,16H2,1-2H3;1-2H3. The Labute approximate surface area is 239 Å². The Morgan fingerprint density at radius 1 is 1.12 bits per heavy atom. The maximum atomic E-state index is 13.7. The number of benzene rings is 1. The summed E-state index contributed by atoms with van der Waals surface area (Å²) in [6.45, 7) is 9.25. The molecule has 1 aliphatic heterocycles. The molecule has 1 aliphatic carbocycles. The van der Waals surface area contributed by atoms with Gasteiger partial charge in [0.15, 0.2) is 0 Å². The molecule has 2 aliphatic rings. The molecule has 1 saturated heterocycles. The number of amides is 1. The summed E-state index contributed by atoms with van der Waals surface area (Å²) in [4.78, 5) is 33.5. The van der Waals surface area contributed by atoms with Crippen molar-refractivity contribution in [1.29, 1.82) is 0 Å². The number of pyridine rings is 1. The first-order valence-corrected chi connectivity index (χ1v) is 15.2. The van der Waals surface area contributed by atoms with Crippen molar-refractivity contribution in [1.82, 2.24) is 24.6 Å². The van der Waals surface area contributed by atoms with Crippen LogP contribution in [0.2, 0.25) is 0 Å². The molecule has 8 nitrogen and oxygen atoms in total. The first-order chi connectivity index (χ1) is 19.5. The molecule has 4 aromatic rings. The van der Waals surface area contributed by atoms with Gasteiger partial charge in [0.1, 0.15) is 10.7 Å². The summed E-state index contributed by atoms with van der Waals surface area (Å²) in [6.07, 6.45) is 4.74. The smallest absolute Gasteiger partial charge is 0.264 e. The number of carbonyl (C=O) groups is 1. The number of aromatic nitrogens is 4. The van der Waals surface area contributed by atoms with Crippen molar-refractivity contribution in [3.63, 3.8) is 0 Å². The molecule has 1 amide bonds. The Balaban J connectivity index is 0.00000158. The third kappa shape index (κ3) is 6.09. The second-order valence-corrected chi connectivity index (χ2v) is 11.4. The van der Waals surface area contributed by atoms with Gasteiger partial charge < -0.3 is 13.9 Å². The molecule has 0 radical (unpaired) electrons.